The van der Waals surface area contributed by atoms with E-state index in [1.54, 1.807) is 0 Å². The van der Waals surface area contributed by atoms with Crippen LogP contribution in [0.3, 0.4) is 0 Å². The van der Waals surface area contributed by atoms with E-state index < -0.39 is 4.92 Å². The number of fused-ring (bicyclic) bond motifs is 1. The molecule has 6 heteroatoms. The zero-order valence-electron chi connectivity index (χ0n) is 6.85. The topological polar surface area (TPSA) is 68.9 Å². The molecule has 14 heavy (non-hydrogen) atoms. The molecule has 0 unspecified atom stereocenters. The summed E-state index contributed by atoms with van der Waals surface area (Å²) < 4.78 is 0. The van der Waals surface area contributed by atoms with Crippen LogP contribution in [0, 0.1) is 10.1 Å². The van der Waals surface area contributed by atoms with Crippen molar-refractivity contribution in [2.75, 3.05) is 0 Å². The van der Waals surface area contributed by atoms with Crippen LogP contribution in [0.5, 0.6) is 0 Å². The zero-order valence-corrected chi connectivity index (χ0v) is 7.60. The minimum atomic E-state index is -0.499. The van der Waals surface area contributed by atoms with Gasteiger partial charge in [0.1, 0.15) is 11.3 Å². The third-order valence-electron chi connectivity index (χ3n) is 1.73. The maximum atomic E-state index is 10.4. The minimum Gasteiger partial charge on any atom is -0.258 e. The highest BCUT2D eigenvalue weighted by Crippen LogP contribution is 2.19. The van der Waals surface area contributed by atoms with Crippen molar-refractivity contribution in [3.05, 3.63) is 39.8 Å². The van der Waals surface area contributed by atoms with E-state index in [2.05, 4.69) is 9.97 Å². The molecule has 0 fully saturated rings. The van der Waals surface area contributed by atoms with Crippen LogP contribution in [0.2, 0.25) is 5.15 Å². The molecule has 5 nitrogen and oxygen atoms in total. The van der Waals surface area contributed by atoms with Gasteiger partial charge in [0.15, 0.2) is 0 Å². The molecule has 0 bridgehead atoms. The molecule has 70 valence electrons. The number of aromatic nitrogens is 2. The third-order valence-corrected chi connectivity index (χ3v) is 1.94. The molecular formula is C8H4ClN3O2. The molecule has 2 rings (SSSR count). The Bertz CT molecular complexity index is 515. The second-order valence-electron chi connectivity index (χ2n) is 2.65. The zero-order chi connectivity index (χ0) is 10.1. The molecule has 0 radical (unpaired) electrons. The molecule has 0 aromatic carbocycles. The quantitative estimate of drug-likeness (QED) is 0.410. The highest BCUT2D eigenvalue weighted by Gasteiger charge is 2.07. The van der Waals surface area contributed by atoms with Gasteiger partial charge in [-0.2, -0.15) is 0 Å². The molecule has 0 saturated heterocycles. The van der Waals surface area contributed by atoms with Crippen LogP contribution in [0.15, 0.2) is 24.5 Å². The number of halogens is 1. The van der Waals surface area contributed by atoms with Crippen molar-refractivity contribution in [3.63, 3.8) is 0 Å². The smallest absolute Gasteiger partial charge is 0.258 e. The molecular weight excluding hydrogens is 206 g/mol. The summed E-state index contributed by atoms with van der Waals surface area (Å²) in [7, 11) is 0. The van der Waals surface area contributed by atoms with Crippen molar-refractivity contribution < 1.29 is 4.92 Å². The van der Waals surface area contributed by atoms with Crippen LogP contribution in [-0.2, 0) is 0 Å². The van der Waals surface area contributed by atoms with Gasteiger partial charge >= 0.3 is 0 Å². The number of nitrogens with zero attached hydrogens (tertiary/aromatic N) is 3. The van der Waals surface area contributed by atoms with E-state index in [9.17, 15) is 10.1 Å². The lowest BCUT2D eigenvalue weighted by molar-refractivity contribution is -0.385. The maximum absolute atomic E-state index is 10.4. The average molecular weight is 210 g/mol. The first kappa shape index (κ1) is 8.83. The van der Waals surface area contributed by atoms with Crippen LogP contribution >= 0.6 is 11.6 Å². The van der Waals surface area contributed by atoms with Crippen LogP contribution in [-0.4, -0.2) is 14.9 Å². The SMILES string of the molecule is O=[N+]([O-])c1cnc2cnc(Cl)cc2c1. The van der Waals surface area contributed by atoms with Crippen LogP contribution in [0.1, 0.15) is 0 Å². The first-order valence-corrected chi connectivity index (χ1v) is 4.10. The summed E-state index contributed by atoms with van der Waals surface area (Å²) in [6.45, 7) is 0. The summed E-state index contributed by atoms with van der Waals surface area (Å²) in [5.74, 6) is 0. The fourth-order valence-electron chi connectivity index (χ4n) is 1.09. The first-order chi connectivity index (χ1) is 6.66. The predicted molar refractivity (Wildman–Crippen MR) is 51.2 cm³/mol. The van der Waals surface area contributed by atoms with Crippen LogP contribution in [0.4, 0.5) is 5.69 Å². The molecule has 2 aromatic rings. The van der Waals surface area contributed by atoms with E-state index in [4.69, 9.17) is 11.6 Å². The van der Waals surface area contributed by atoms with Gasteiger partial charge in [0.05, 0.1) is 16.6 Å². The van der Waals surface area contributed by atoms with Crippen LogP contribution in [0.25, 0.3) is 10.9 Å². The van der Waals surface area contributed by atoms with E-state index in [1.165, 1.54) is 24.5 Å². The molecule has 0 aliphatic heterocycles. The third kappa shape index (κ3) is 1.49. The van der Waals surface area contributed by atoms with Crippen molar-refractivity contribution in [1.82, 2.24) is 9.97 Å². The van der Waals surface area contributed by atoms with Gasteiger partial charge < -0.3 is 0 Å². The van der Waals surface area contributed by atoms with Crippen molar-refractivity contribution in [3.8, 4) is 0 Å². The summed E-state index contributed by atoms with van der Waals surface area (Å²) >= 11 is 5.64. The summed E-state index contributed by atoms with van der Waals surface area (Å²) in [6, 6.07) is 2.95. The molecule has 0 N–H and O–H groups in total. The predicted octanol–water partition coefficient (Wildman–Crippen LogP) is 2.19. The second kappa shape index (κ2) is 3.19. The fraction of sp³-hybridized carbons (Fsp3) is 0. The Morgan fingerprint density at radius 1 is 1.29 bits per heavy atom. The van der Waals surface area contributed by atoms with Gasteiger partial charge in [-0.25, -0.2) is 9.97 Å². The number of rotatable bonds is 1. The largest absolute Gasteiger partial charge is 0.288 e. The minimum absolute atomic E-state index is 0.0558. The fourth-order valence-corrected chi connectivity index (χ4v) is 1.26. The van der Waals surface area contributed by atoms with Crippen molar-refractivity contribution in [1.29, 1.82) is 0 Å². The first-order valence-electron chi connectivity index (χ1n) is 3.72. The molecule has 0 aliphatic carbocycles. The van der Waals surface area contributed by atoms with Crippen LogP contribution < -0.4 is 0 Å². The van der Waals surface area contributed by atoms with Gasteiger partial charge in [-0.05, 0) is 6.07 Å². The summed E-state index contributed by atoms with van der Waals surface area (Å²) in [5, 5.41) is 11.3. The van der Waals surface area contributed by atoms with E-state index in [-0.39, 0.29) is 5.69 Å². The summed E-state index contributed by atoms with van der Waals surface area (Å²) in [4.78, 5) is 17.6. The molecule has 0 spiro atoms. The summed E-state index contributed by atoms with van der Waals surface area (Å²) in [5.41, 5.74) is 0.528. The van der Waals surface area contributed by atoms with Crippen molar-refractivity contribution in [2.45, 2.75) is 0 Å². The Morgan fingerprint density at radius 3 is 2.79 bits per heavy atom. The molecule has 0 saturated carbocycles. The normalized spacial score (nSPS) is 10.4. The van der Waals surface area contributed by atoms with Gasteiger partial charge in [0.25, 0.3) is 5.69 Å². The highest BCUT2D eigenvalue weighted by molar-refractivity contribution is 6.30. The Balaban J connectivity index is 2.69. The monoisotopic (exact) mass is 209 g/mol. The van der Waals surface area contributed by atoms with Gasteiger partial charge in [-0.1, -0.05) is 11.6 Å². The highest BCUT2D eigenvalue weighted by atomic mass is 35.5. The Kier molecular flexibility index (Phi) is 2.01. The molecule has 2 heterocycles. The van der Waals surface area contributed by atoms with E-state index in [0.29, 0.717) is 16.1 Å². The molecule has 2 aromatic heterocycles. The van der Waals surface area contributed by atoms with Gasteiger partial charge in [0.2, 0.25) is 0 Å². The van der Waals surface area contributed by atoms with Crippen molar-refractivity contribution >= 4 is 28.2 Å². The van der Waals surface area contributed by atoms with E-state index in [0.717, 1.165) is 0 Å². The van der Waals surface area contributed by atoms with E-state index >= 15 is 0 Å². The lowest BCUT2D eigenvalue weighted by Gasteiger charge is -1.96. The lowest BCUT2D eigenvalue weighted by atomic mass is 10.2. The average Bonchev–Trinajstić information content (AvgIpc) is 2.16. The Labute approximate surface area is 83.5 Å². The molecule has 0 atom stereocenters. The number of hydrogen-bond acceptors (Lipinski definition) is 4. The number of hydrogen-bond donors (Lipinski definition) is 0. The Hall–Kier alpha value is -1.75. The van der Waals surface area contributed by atoms with Gasteiger partial charge in [-0.15, -0.1) is 0 Å². The van der Waals surface area contributed by atoms with Crippen molar-refractivity contribution in [2.24, 2.45) is 0 Å². The number of pyridine rings is 2. The van der Waals surface area contributed by atoms with Gasteiger partial charge in [-0.3, -0.25) is 10.1 Å². The molecule has 0 amide bonds. The van der Waals surface area contributed by atoms with Gasteiger partial charge in [0, 0.05) is 11.5 Å². The Morgan fingerprint density at radius 2 is 2.07 bits per heavy atom. The maximum Gasteiger partial charge on any atom is 0.288 e. The standard InChI is InChI=1S/C8H4ClN3O2/c9-8-2-5-1-6(12(13)14)3-10-7(5)4-11-8/h1-4H. The second-order valence-corrected chi connectivity index (χ2v) is 3.04. The number of nitro groups is 1. The summed E-state index contributed by atoms with van der Waals surface area (Å²) in [6.07, 6.45) is 2.67. The molecule has 0 aliphatic rings. The van der Waals surface area contributed by atoms with E-state index in [1.807, 2.05) is 0 Å². The lowest BCUT2D eigenvalue weighted by Crippen LogP contribution is -1.90.